The lowest BCUT2D eigenvalue weighted by molar-refractivity contribution is -0.119. The van der Waals surface area contributed by atoms with E-state index in [9.17, 15) is 13.2 Å². The number of rotatable bonds is 10. The van der Waals surface area contributed by atoms with Crippen LogP contribution in [0.4, 0.5) is 5.13 Å². The van der Waals surface area contributed by atoms with Crippen LogP contribution in [0, 0.1) is 11.8 Å². The maximum atomic E-state index is 13.9. The molecule has 0 bridgehead atoms. The van der Waals surface area contributed by atoms with Gasteiger partial charge in [-0.1, -0.05) is 55.6 Å². The van der Waals surface area contributed by atoms with E-state index in [4.69, 9.17) is 0 Å². The van der Waals surface area contributed by atoms with Crippen LogP contribution in [0.5, 0.6) is 0 Å². The number of carbonyl (C=O) groups excluding carboxylic acids is 1. The Labute approximate surface area is 228 Å². The van der Waals surface area contributed by atoms with Gasteiger partial charge in [0.05, 0.1) is 26.0 Å². The van der Waals surface area contributed by atoms with Gasteiger partial charge in [0, 0.05) is 12.3 Å². The molecule has 2 heterocycles. The Kier molecular flexibility index (Phi) is 7.42. The normalized spacial score (nSPS) is 26.9. The molecule has 1 aromatic carbocycles. The molecule has 2 aromatic rings. The summed E-state index contributed by atoms with van der Waals surface area (Å²) >= 11 is 3.37. The lowest BCUT2D eigenvalue weighted by Gasteiger charge is -2.25. The molecule has 3 aliphatic carbocycles. The third-order valence-electron chi connectivity index (χ3n) is 8.86. The fraction of sp³-hybridized carbons (Fsp3) is 0.643. The van der Waals surface area contributed by atoms with Crippen LogP contribution >= 0.6 is 23.1 Å². The number of thiazole rings is 1. The molecule has 0 unspecified atom stereocenters. The smallest absolute Gasteiger partial charge is 0.237 e. The van der Waals surface area contributed by atoms with E-state index < -0.39 is 15.3 Å². The van der Waals surface area contributed by atoms with Crippen LogP contribution in [0.2, 0.25) is 0 Å². The molecular weight excluding hydrogens is 523 g/mol. The summed E-state index contributed by atoms with van der Waals surface area (Å²) in [6, 6.07) is 7.26. The van der Waals surface area contributed by atoms with E-state index in [-0.39, 0.29) is 11.2 Å². The van der Waals surface area contributed by atoms with Crippen molar-refractivity contribution in [3.05, 3.63) is 36.0 Å². The van der Waals surface area contributed by atoms with Crippen LogP contribution in [0.15, 0.2) is 39.6 Å². The van der Waals surface area contributed by atoms with Gasteiger partial charge in [0.25, 0.3) is 0 Å². The van der Waals surface area contributed by atoms with E-state index >= 15 is 0 Å². The third kappa shape index (κ3) is 5.38. The fourth-order valence-corrected chi connectivity index (χ4v) is 10.1. The van der Waals surface area contributed by atoms with Crippen LogP contribution in [-0.2, 0) is 20.0 Å². The molecule has 2 atom stereocenters. The molecule has 4 aliphatic rings. The number of sulfone groups is 1. The van der Waals surface area contributed by atoms with Gasteiger partial charge in [-0.3, -0.25) is 4.79 Å². The molecule has 3 saturated carbocycles. The monoisotopic (exact) mass is 559 g/mol. The highest BCUT2D eigenvalue weighted by Gasteiger charge is 2.63. The molecule has 1 aromatic heterocycles. The number of nitrogens with zero attached hydrogens (tertiary/aromatic N) is 2. The minimum atomic E-state index is -3.24. The molecule has 6 nitrogen and oxygen atoms in total. The van der Waals surface area contributed by atoms with Gasteiger partial charge in [-0.25, -0.2) is 13.4 Å². The topological polar surface area (TPSA) is 79.4 Å². The molecular formula is C28H37N3O3S3. The zero-order valence-corrected chi connectivity index (χ0v) is 23.8. The molecule has 4 fully saturated rings. The van der Waals surface area contributed by atoms with E-state index in [1.807, 2.05) is 30.1 Å². The van der Waals surface area contributed by atoms with Crippen molar-refractivity contribution in [2.75, 3.05) is 30.7 Å². The standard InChI is InChI=1S/C28H37N3O3S3/c32-26(30-27-29-19-25(36-27)35-17-16-31-14-4-5-15-31)28(18-24(28)20-6-2-1-3-7-20)21-8-10-22(11-9-21)37(33,34)23-12-13-23/h8-11,19-20,23-24H,1-7,12-18H2,(H,29,30,32)/t24-,28-/m1/s1. The highest BCUT2D eigenvalue weighted by atomic mass is 32.2. The van der Waals surface area contributed by atoms with Gasteiger partial charge < -0.3 is 10.2 Å². The van der Waals surface area contributed by atoms with Gasteiger partial charge in [-0.2, -0.15) is 0 Å². The average molecular weight is 560 g/mol. The summed E-state index contributed by atoms with van der Waals surface area (Å²) in [6.07, 6.45) is 13.0. The van der Waals surface area contributed by atoms with Crippen molar-refractivity contribution >= 4 is 44.0 Å². The summed E-state index contributed by atoms with van der Waals surface area (Å²) in [4.78, 5) is 21.3. The number of carbonyl (C=O) groups is 1. The molecule has 1 aliphatic heterocycles. The SMILES string of the molecule is O=C(Nc1ncc(SCCN2CCCC2)s1)[C@@]1(c2ccc(S(=O)(=O)C3CC3)cc2)C[C@@H]1C1CCCCC1. The van der Waals surface area contributed by atoms with Crippen LogP contribution < -0.4 is 5.32 Å². The summed E-state index contributed by atoms with van der Waals surface area (Å²) in [5, 5.41) is 3.60. The van der Waals surface area contributed by atoms with Crippen LogP contribution in [-0.4, -0.2) is 54.8 Å². The summed E-state index contributed by atoms with van der Waals surface area (Å²) in [7, 11) is -3.24. The predicted molar refractivity (Wildman–Crippen MR) is 150 cm³/mol. The van der Waals surface area contributed by atoms with Crippen molar-refractivity contribution in [3.8, 4) is 0 Å². The van der Waals surface area contributed by atoms with Crippen molar-refractivity contribution in [1.29, 1.82) is 0 Å². The van der Waals surface area contributed by atoms with E-state index in [2.05, 4.69) is 15.2 Å². The Hall–Kier alpha value is -1.42. The Morgan fingerprint density at radius 1 is 1.05 bits per heavy atom. The first kappa shape index (κ1) is 25.8. The summed E-state index contributed by atoms with van der Waals surface area (Å²) < 4.78 is 26.6. The van der Waals surface area contributed by atoms with Crippen molar-refractivity contribution in [2.45, 2.75) is 84.0 Å². The number of hydrogen-bond acceptors (Lipinski definition) is 7. The van der Waals surface area contributed by atoms with Crippen LogP contribution in [0.3, 0.4) is 0 Å². The molecule has 9 heteroatoms. The molecule has 0 radical (unpaired) electrons. The van der Waals surface area contributed by atoms with E-state index in [0.29, 0.717) is 21.9 Å². The molecule has 37 heavy (non-hydrogen) atoms. The van der Waals surface area contributed by atoms with Crippen LogP contribution in [0.25, 0.3) is 0 Å². The first-order chi connectivity index (χ1) is 18.0. The molecule has 200 valence electrons. The van der Waals surface area contributed by atoms with Gasteiger partial charge in [-0.05, 0) is 74.7 Å². The average Bonchev–Trinajstić information content (AvgIpc) is 3.81. The van der Waals surface area contributed by atoms with Gasteiger partial charge in [0.2, 0.25) is 5.91 Å². The van der Waals surface area contributed by atoms with Gasteiger partial charge >= 0.3 is 0 Å². The lowest BCUT2D eigenvalue weighted by Crippen LogP contribution is -2.32. The van der Waals surface area contributed by atoms with E-state index in [1.165, 1.54) is 58.0 Å². The number of likely N-dealkylation sites (tertiary alicyclic amines) is 1. The zero-order chi connectivity index (χ0) is 25.5. The van der Waals surface area contributed by atoms with Crippen molar-refractivity contribution in [1.82, 2.24) is 9.88 Å². The number of anilines is 1. The third-order valence-corrected chi connectivity index (χ3v) is 13.2. The summed E-state index contributed by atoms with van der Waals surface area (Å²) in [5.41, 5.74) is 0.366. The highest BCUT2D eigenvalue weighted by Crippen LogP contribution is 2.61. The Balaban J connectivity index is 1.17. The number of benzene rings is 1. The second-order valence-electron chi connectivity index (χ2n) is 11.3. The van der Waals surface area contributed by atoms with Crippen molar-refractivity contribution in [2.24, 2.45) is 11.8 Å². The number of hydrogen-bond donors (Lipinski definition) is 1. The van der Waals surface area contributed by atoms with Gasteiger partial charge in [0.1, 0.15) is 0 Å². The maximum absolute atomic E-state index is 13.9. The Morgan fingerprint density at radius 2 is 1.78 bits per heavy atom. The largest absolute Gasteiger partial charge is 0.303 e. The highest BCUT2D eigenvalue weighted by molar-refractivity contribution is 8.01. The molecule has 1 amide bonds. The van der Waals surface area contributed by atoms with Gasteiger partial charge in [0.15, 0.2) is 15.0 Å². The Bertz CT molecular complexity index is 1210. The van der Waals surface area contributed by atoms with Crippen molar-refractivity contribution < 1.29 is 13.2 Å². The number of aromatic nitrogens is 1. The Morgan fingerprint density at radius 3 is 2.49 bits per heavy atom. The first-order valence-electron chi connectivity index (χ1n) is 13.9. The second kappa shape index (κ2) is 10.6. The van der Waals surface area contributed by atoms with Crippen molar-refractivity contribution in [3.63, 3.8) is 0 Å². The minimum absolute atomic E-state index is 0.0174. The minimum Gasteiger partial charge on any atom is -0.303 e. The fourth-order valence-electron chi connectivity index (χ4n) is 6.50. The maximum Gasteiger partial charge on any atom is 0.237 e. The number of nitrogens with one attached hydrogen (secondary N) is 1. The predicted octanol–water partition coefficient (Wildman–Crippen LogP) is 5.74. The van der Waals surface area contributed by atoms with Gasteiger partial charge in [-0.15, -0.1) is 11.8 Å². The quantitative estimate of drug-likeness (QED) is 0.374. The zero-order valence-electron chi connectivity index (χ0n) is 21.4. The summed E-state index contributed by atoms with van der Waals surface area (Å²) in [6.45, 7) is 3.52. The first-order valence-corrected chi connectivity index (χ1v) is 17.3. The number of thioether (sulfide) groups is 1. The molecule has 0 spiro atoms. The molecule has 6 rings (SSSR count). The lowest BCUT2D eigenvalue weighted by atomic mass is 9.80. The van der Waals surface area contributed by atoms with E-state index in [1.54, 1.807) is 23.5 Å². The molecule has 1 saturated heterocycles. The van der Waals surface area contributed by atoms with Crippen LogP contribution in [0.1, 0.15) is 69.8 Å². The molecule has 1 N–H and O–H groups in total. The summed E-state index contributed by atoms with van der Waals surface area (Å²) in [5.74, 6) is 1.93. The van der Waals surface area contributed by atoms with E-state index in [0.717, 1.165) is 41.3 Å². The number of amides is 1. The second-order valence-corrected chi connectivity index (χ2v) is 15.9.